The topological polar surface area (TPSA) is 92.3 Å². The molecule has 2 saturated carbocycles. The van der Waals surface area contributed by atoms with Gasteiger partial charge in [0, 0.05) is 11.8 Å². The third-order valence-corrected chi connectivity index (χ3v) is 8.39. The van der Waals surface area contributed by atoms with Crippen molar-refractivity contribution in [1.29, 1.82) is 0 Å². The fourth-order valence-electron chi connectivity index (χ4n) is 3.43. The summed E-state index contributed by atoms with van der Waals surface area (Å²) in [5.74, 6) is -0.517. The van der Waals surface area contributed by atoms with Crippen LogP contribution in [-0.4, -0.2) is 30.5 Å². The van der Waals surface area contributed by atoms with Crippen LogP contribution in [-0.2, 0) is 19.6 Å². The second-order valence-electron chi connectivity index (χ2n) is 9.07. The molecular formula is C21H36N2O4S. The van der Waals surface area contributed by atoms with Crippen LogP contribution in [0.15, 0.2) is 12.2 Å². The Kier molecular flexibility index (Phi) is 7.00. The summed E-state index contributed by atoms with van der Waals surface area (Å²) in [7, 11) is -3.73. The Labute approximate surface area is 170 Å². The fraction of sp³-hybridized carbons (Fsp3) is 0.810. The Morgan fingerprint density at radius 3 is 2.29 bits per heavy atom. The van der Waals surface area contributed by atoms with Crippen molar-refractivity contribution in [2.75, 3.05) is 0 Å². The van der Waals surface area contributed by atoms with Crippen LogP contribution in [0, 0.1) is 17.8 Å². The van der Waals surface area contributed by atoms with E-state index in [1.807, 2.05) is 26.0 Å². The van der Waals surface area contributed by atoms with E-state index >= 15 is 0 Å². The summed E-state index contributed by atoms with van der Waals surface area (Å²) < 4.78 is 26.4. The molecule has 0 saturated heterocycles. The van der Waals surface area contributed by atoms with E-state index in [2.05, 4.69) is 23.9 Å². The molecule has 0 radical (unpaired) electrons. The van der Waals surface area contributed by atoms with E-state index in [1.54, 1.807) is 6.92 Å². The highest BCUT2D eigenvalue weighted by atomic mass is 32.2. The van der Waals surface area contributed by atoms with Gasteiger partial charge in [-0.3, -0.25) is 14.3 Å². The molecule has 0 aromatic rings. The number of nitrogens with one attached hydrogen (secondary N) is 2. The summed E-state index contributed by atoms with van der Waals surface area (Å²) in [6.07, 6.45) is 8.88. The van der Waals surface area contributed by atoms with E-state index < -0.39 is 26.2 Å². The molecule has 0 bridgehead atoms. The first-order chi connectivity index (χ1) is 13.0. The first-order valence-corrected chi connectivity index (χ1v) is 12.0. The highest BCUT2D eigenvalue weighted by molar-refractivity contribution is 7.91. The number of hydrogen-bond acceptors (Lipinski definition) is 4. The lowest BCUT2D eigenvalue weighted by Crippen LogP contribution is -2.54. The zero-order chi connectivity index (χ0) is 21.2. The van der Waals surface area contributed by atoms with E-state index in [-0.39, 0.29) is 17.7 Å². The Balaban J connectivity index is 2.13. The Bertz CT molecular complexity index is 721. The van der Waals surface area contributed by atoms with E-state index in [9.17, 15) is 18.0 Å². The quantitative estimate of drug-likeness (QED) is 0.509. The smallest absolute Gasteiger partial charge is 0.259 e. The summed E-state index contributed by atoms with van der Waals surface area (Å²) >= 11 is 0. The maximum atomic E-state index is 13.0. The van der Waals surface area contributed by atoms with E-state index in [0.717, 1.165) is 12.8 Å². The van der Waals surface area contributed by atoms with Crippen molar-refractivity contribution >= 4 is 21.8 Å². The van der Waals surface area contributed by atoms with Gasteiger partial charge in [-0.2, -0.15) is 0 Å². The standard InChI is InChI=1S/C21H36N2O4S/c1-6-16(7-2)18(24)22-21(14-17(21)11-9-8-10-15(3)4)19(25)23-28(26,27)20(5)12-13-20/h9,11,15-17H,6-8,10,12-14H2,1-5H3,(H,22,24)(H,23,25). The van der Waals surface area contributed by atoms with Crippen molar-refractivity contribution < 1.29 is 18.0 Å². The maximum absolute atomic E-state index is 13.0. The van der Waals surface area contributed by atoms with Gasteiger partial charge in [-0.15, -0.1) is 0 Å². The Morgan fingerprint density at radius 2 is 1.79 bits per heavy atom. The molecule has 2 aliphatic rings. The average Bonchev–Trinajstić information content (AvgIpc) is 3.50. The van der Waals surface area contributed by atoms with Crippen molar-refractivity contribution in [2.24, 2.45) is 17.8 Å². The van der Waals surface area contributed by atoms with Crippen LogP contribution in [0.4, 0.5) is 0 Å². The molecule has 160 valence electrons. The molecule has 6 nitrogen and oxygen atoms in total. The minimum absolute atomic E-state index is 0.166. The van der Waals surface area contributed by atoms with Crippen LogP contribution in [0.2, 0.25) is 0 Å². The number of carbonyl (C=O) groups is 2. The largest absolute Gasteiger partial charge is 0.341 e. The zero-order valence-electron chi connectivity index (χ0n) is 17.9. The molecule has 7 heteroatoms. The van der Waals surface area contributed by atoms with Crippen LogP contribution in [0.25, 0.3) is 0 Å². The molecule has 2 aliphatic carbocycles. The molecule has 0 aromatic heterocycles. The van der Waals surface area contributed by atoms with E-state index in [4.69, 9.17) is 0 Å². The summed E-state index contributed by atoms with van der Waals surface area (Å²) in [4.78, 5) is 25.6. The SMILES string of the molecule is CCC(CC)C(=O)NC1(C(=O)NS(=O)(=O)C2(C)CC2)CC1C=CCCC(C)C. The minimum atomic E-state index is -3.73. The lowest BCUT2D eigenvalue weighted by Gasteiger charge is -2.22. The van der Waals surface area contributed by atoms with Crippen LogP contribution in [0.5, 0.6) is 0 Å². The molecule has 2 amide bonds. The highest BCUT2D eigenvalue weighted by Crippen LogP contribution is 2.47. The predicted octanol–water partition coefficient (Wildman–Crippen LogP) is 3.29. The summed E-state index contributed by atoms with van der Waals surface area (Å²) in [5, 5.41) is 2.90. The van der Waals surface area contributed by atoms with Crippen molar-refractivity contribution in [3.8, 4) is 0 Å². The lowest BCUT2D eigenvalue weighted by atomic mass is 10.0. The van der Waals surface area contributed by atoms with Gasteiger partial charge in [0.1, 0.15) is 5.54 Å². The van der Waals surface area contributed by atoms with Gasteiger partial charge < -0.3 is 5.32 Å². The average molecular weight is 413 g/mol. The van der Waals surface area contributed by atoms with Crippen molar-refractivity contribution in [1.82, 2.24) is 10.0 Å². The fourth-order valence-corrected chi connectivity index (χ4v) is 4.75. The third-order valence-electron chi connectivity index (χ3n) is 6.23. The predicted molar refractivity (Wildman–Crippen MR) is 111 cm³/mol. The molecule has 0 aliphatic heterocycles. The van der Waals surface area contributed by atoms with Gasteiger partial charge in [0.2, 0.25) is 15.9 Å². The first-order valence-electron chi connectivity index (χ1n) is 10.6. The number of allylic oxidation sites excluding steroid dienone is 1. The van der Waals surface area contributed by atoms with Gasteiger partial charge >= 0.3 is 0 Å². The lowest BCUT2D eigenvalue weighted by molar-refractivity contribution is -0.131. The molecule has 2 N–H and O–H groups in total. The molecule has 2 fully saturated rings. The second-order valence-corrected chi connectivity index (χ2v) is 11.3. The molecule has 2 unspecified atom stereocenters. The summed E-state index contributed by atoms with van der Waals surface area (Å²) in [5.41, 5.74) is -1.15. The van der Waals surface area contributed by atoms with E-state index in [1.165, 1.54) is 0 Å². The molecular weight excluding hydrogens is 376 g/mol. The van der Waals surface area contributed by atoms with Gasteiger partial charge in [-0.1, -0.05) is 39.8 Å². The van der Waals surface area contributed by atoms with Gasteiger partial charge in [0.25, 0.3) is 5.91 Å². The zero-order valence-corrected chi connectivity index (χ0v) is 18.7. The van der Waals surface area contributed by atoms with Crippen molar-refractivity contribution in [3.63, 3.8) is 0 Å². The number of amides is 2. The normalized spacial score (nSPS) is 25.9. The van der Waals surface area contributed by atoms with Gasteiger partial charge in [0.15, 0.2) is 0 Å². The maximum Gasteiger partial charge on any atom is 0.259 e. The minimum Gasteiger partial charge on any atom is -0.341 e. The molecule has 28 heavy (non-hydrogen) atoms. The molecule has 0 spiro atoms. The molecule has 2 atom stereocenters. The Hall–Kier alpha value is -1.37. The van der Waals surface area contributed by atoms with Crippen LogP contribution in [0.1, 0.15) is 79.6 Å². The highest BCUT2D eigenvalue weighted by Gasteiger charge is 2.62. The number of sulfonamides is 1. The number of carbonyl (C=O) groups excluding carboxylic acids is 2. The summed E-state index contributed by atoms with van der Waals surface area (Å²) in [6.45, 7) is 9.84. The van der Waals surface area contributed by atoms with Gasteiger partial charge in [-0.25, -0.2) is 8.42 Å². The van der Waals surface area contributed by atoms with Crippen LogP contribution in [0.3, 0.4) is 0 Å². The van der Waals surface area contributed by atoms with Crippen molar-refractivity contribution in [2.45, 2.75) is 89.9 Å². The first kappa shape index (κ1) is 22.9. The Morgan fingerprint density at radius 1 is 1.18 bits per heavy atom. The van der Waals surface area contributed by atoms with Crippen LogP contribution >= 0.6 is 0 Å². The number of hydrogen-bond donors (Lipinski definition) is 2. The third kappa shape index (κ3) is 4.97. The molecule has 2 rings (SSSR count). The van der Waals surface area contributed by atoms with Gasteiger partial charge in [-0.05, 0) is 57.8 Å². The van der Waals surface area contributed by atoms with Crippen LogP contribution < -0.4 is 10.0 Å². The van der Waals surface area contributed by atoms with E-state index in [0.29, 0.717) is 38.0 Å². The monoisotopic (exact) mass is 412 g/mol. The molecule has 0 heterocycles. The second kappa shape index (κ2) is 8.56. The summed E-state index contributed by atoms with van der Waals surface area (Å²) in [6, 6.07) is 0. The molecule has 0 aromatic carbocycles. The van der Waals surface area contributed by atoms with Crippen molar-refractivity contribution in [3.05, 3.63) is 12.2 Å². The van der Waals surface area contributed by atoms with Gasteiger partial charge in [0.05, 0.1) is 4.75 Å². The number of rotatable bonds is 11.